The third-order valence-electron chi connectivity index (χ3n) is 3.87. The molecule has 0 radical (unpaired) electrons. The van der Waals surface area contributed by atoms with Crippen LogP contribution < -0.4 is 11.2 Å². The van der Waals surface area contributed by atoms with Crippen LogP contribution in [0.5, 0.6) is 0 Å². The number of piperidine rings is 1. The molecule has 1 aliphatic rings. The number of nitrogens with zero attached hydrogens (tertiary/aromatic N) is 3. The van der Waals surface area contributed by atoms with Gasteiger partial charge >= 0.3 is 0 Å². The Kier molecular flexibility index (Phi) is 5.54. The number of rotatable bonds is 5. The first-order valence-electron chi connectivity index (χ1n) is 7.48. The van der Waals surface area contributed by atoms with E-state index in [1.54, 1.807) is 6.07 Å². The van der Waals surface area contributed by atoms with E-state index in [-0.39, 0.29) is 4.90 Å². The van der Waals surface area contributed by atoms with Gasteiger partial charge in [0.1, 0.15) is 6.07 Å². The molecule has 0 saturated carbocycles. The number of benzene rings is 1. The quantitative estimate of drug-likeness (QED) is 0.602. The highest BCUT2D eigenvalue weighted by Crippen LogP contribution is 2.24. The van der Waals surface area contributed by atoms with E-state index in [0.29, 0.717) is 24.7 Å². The Hall–Kier alpha value is -2.44. The zero-order valence-electron chi connectivity index (χ0n) is 13.3. The predicted molar refractivity (Wildman–Crippen MR) is 89.5 cm³/mol. The SMILES string of the molecule is CC1CCN(S(=O)(=O)c2ccc(N/N=C(/C#N)C(N)=O)cc2)CC1. The van der Waals surface area contributed by atoms with Crippen molar-refractivity contribution in [2.45, 2.75) is 24.7 Å². The molecule has 0 aliphatic carbocycles. The molecule has 0 aromatic heterocycles. The second kappa shape index (κ2) is 7.42. The lowest BCUT2D eigenvalue weighted by atomic mass is 10.0. The van der Waals surface area contributed by atoms with E-state index in [1.807, 2.05) is 0 Å². The summed E-state index contributed by atoms with van der Waals surface area (Å²) in [6.07, 6.45) is 1.72. The Balaban J connectivity index is 2.11. The molecule has 1 aromatic carbocycles. The second-order valence-corrected chi connectivity index (χ2v) is 7.60. The standard InChI is InChI=1S/C15H19N5O3S/c1-11-6-8-20(9-7-11)24(22,23)13-4-2-12(3-5-13)18-19-14(10-16)15(17)21/h2-5,11,18H,6-9H2,1H3,(H2,17,21)/b19-14-. The average Bonchev–Trinajstić information content (AvgIpc) is 2.56. The van der Waals surface area contributed by atoms with Gasteiger partial charge in [0.15, 0.2) is 0 Å². The normalized spacial score (nSPS) is 17.2. The molecule has 0 bridgehead atoms. The minimum Gasteiger partial charge on any atom is -0.364 e. The lowest BCUT2D eigenvalue weighted by Gasteiger charge is -2.29. The summed E-state index contributed by atoms with van der Waals surface area (Å²) < 4.78 is 26.7. The summed E-state index contributed by atoms with van der Waals surface area (Å²) in [5, 5.41) is 12.3. The van der Waals surface area contributed by atoms with E-state index in [2.05, 4.69) is 17.5 Å². The fourth-order valence-corrected chi connectivity index (χ4v) is 3.80. The van der Waals surface area contributed by atoms with Gasteiger partial charge in [0, 0.05) is 13.1 Å². The Morgan fingerprint density at radius 2 is 1.92 bits per heavy atom. The third kappa shape index (κ3) is 4.10. The number of carbonyl (C=O) groups excluding carboxylic acids is 1. The smallest absolute Gasteiger partial charge is 0.280 e. The van der Waals surface area contributed by atoms with E-state index in [4.69, 9.17) is 11.0 Å². The van der Waals surface area contributed by atoms with Gasteiger partial charge in [-0.15, -0.1) is 0 Å². The summed E-state index contributed by atoms with van der Waals surface area (Å²) in [5.74, 6) is -0.399. The summed E-state index contributed by atoms with van der Waals surface area (Å²) in [4.78, 5) is 11.1. The van der Waals surface area contributed by atoms with Gasteiger partial charge in [0.05, 0.1) is 10.6 Å². The maximum absolute atomic E-state index is 12.6. The fraction of sp³-hybridized carbons (Fsp3) is 0.400. The van der Waals surface area contributed by atoms with Gasteiger partial charge in [-0.05, 0) is 43.0 Å². The van der Waals surface area contributed by atoms with E-state index in [0.717, 1.165) is 12.8 Å². The molecule has 24 heavy (non-hydrogen) atoms. The number of hydrazone groups is 1. The van der Waals surface area contributed by atoms with Crippen LogP contribution in [-0.2, 0) is 14.8 Å². The number of nitrogens with two attached hydrogens (primary N) is 1. The van der Waals surface area contributed by atoms with Gasteiger partial charge in [0.25, 0.3) is 5.91 Å². The Morgan fingerprint density at radius 1 is 1.33 bits per heavy atom. The molecular weight excluding hydrogens is 330 g/mol. The molecule has 3 N–H and O–H groups in total. The summed E-state index contributed by atoms with van der Waals surface area (Å²) in [7, 11) is -3.51. The summed E-state index contributed by atoms with van der Waals surface area (Å²) in [5.41, 5.74) is 7.44. The van der Waals surface area contributed by atoms with Crippen LogP contribution in [0.2, 0.25) is 0 Å². The number of hydrogen-bond donors (Lipinski definition) is 2. The van der Waals surface area contributed by atoms with Gasteiger partial charge in [0.2, 0.25) is 15.7 Å². The molecule has 1 aromatic rings. The first-order valence-corrected chi connectivity index (χ1v) is 8.92. The molecule has 0 atom stereocenters. The molecule has 128 valence electrons. The van der Waals surface area contributed by atoms with Crippen molar-refractivity contribution in [2.24, 2.45) is 16.8 Å². The Morgan fingerprint density at radius 3 is 2.42 bits per heavy atom. The highest BCUT2D eigenvalue weighted by molar-refractivity contribution is 7.89. The zero-order valence-corrected chi connectivity index (χ0v) is 14.1. The number of primary amides is 1. The number of hydrogen-bond acceptors (Lipinski definition) is 6. The number of anilines is 1. The number of carbonyl (C=O) groups is 1. The number of sulfonamides is 1. The van der Waals surface area contributed by atoms with Crippen LogP contribution in [0.25, 0.3) is 0 Å². The molecule has 9 heteroatoms. The second-order valence-electron chi connectivity index (χ2n) is 5.66. The lowest BCUT2D eigenvalue weighted by Crippen LogP contribution is -2.37. The van der Waals surface area contributed by atoms with Crippen molar-refractivity contribution in [2.75, 3.05) is 18.5 Å². The molecule has 1 fully saturated rings. The van der Waals surface area contributed by atoms with E-state index >= 15 is 0 Å². The molecule has 1 heterocycles. The largest absolute Gasteiger partial charge is 0.364 e. The van der Waals surface area contributed by atoms with Crippen LogP contribution in [0, 0.1) is 17.2 Å². The highest BCUT2D eigenvalue weighted by atomic mass is 32.2. The van der Waals surface area contributed by atoms with Crippen LogP contribution in [0.1, 0.15) is 19.8 Å². The van der Waals surface area contributed by atoms with Gasteiger partial charge in [-0.25, -0.2) is 8.42 Å². The van der Waals surface area contributed by atoms with Gasteiger partial charge in [-0.1, -0.05) is 6.92 Å². The molecule has 2 rings (SSSR count). The van der Waals surface area contributed by atoms with Crippen LogP contribution in [-0.4, -0.2) is 37.4 Å². The van der Waals surface area contributed by atoms with Crippen LogP contribution >= 0.6 is 0 Å². The molecule has 8 nitrogen and oxygen atoms in total. The number of amides is 1. The van der Waals surface area contributed by atoms with Crippen LogP contribution in [0.15, 0.2) is 34.3 Å². The van der Waals surface area contributed by atoms with Gasteiger partial charge in [-0.3, -0.25) is 10.2 Å². The summed E-state index contributed by atoms with van der Waals surface area (Å²) in [6.45, 7) is 3.17. The number of nitriles is 1. The maximum atomic E-state index is 12.6. The van der Waals surface area contributed by atoms with Crippen molar-refractivity contribution < 1.29 is 13.2 Å². The van der Waals surface area contributed by atoms with Gasteiger partial charge in [-0.2, -0.15) is 14.7 Å². The fourth-order valence-electron chi connectivity index (χ4n) is 2.33. The van der Waals surface area contributed by atoms with Gasteiger partial charge < -0.3 is 5.73 Å². The Bertz CT molecular complexity index is 772. The van der Waals surface area contributed by atoms with Crippen LogP contribution in [0.4, 0.5) is 5.69 Å². The molecular formula is C15H19N5O3S. The molecule has 1 saturated heterocycles. The Labute approximate surface area is 141 Å². The topological polar surface area (TPSA) is 129 Å². The average molecular weight is 349 g/mol. The lowest BCUT2D eigenvalue weighted by molar-refractivity contribution is -0.111. The zero-order chi connectivity index (χ0) is 17.7. The minimum atomic E-state index is -3.51. The van der Waals surface area contributed by atoms with Crippen molar-refractivity contribution in [1.82, 2.24) is 4.31 Å². The van der Waals surface area contributed by atoms with E-state index in [9.17, 15) is 13.2 Å². The summed E-state index contributed by atoms with van der Waals surface area (Å²) >= 11 is 0. The van der Waals surface area contributed by atoms with Crippen molar-refractivity contribution in [1.29, 1.82) is 5.26 Å². The van der Waals surface area contributed by atoms with Crippen molar-refractivity contribution >= 4 is 27.3 Å². The first-order chi connectivity index (χ1) is 11.3. The predicted octanol–water partition coefficient (Wildman–Crippen LogP) is 0.884. The first kappa shape index (κ1) is 17.9. The van der Waals surface area contributed by atoms with Crippen molar-refractivity contribution in [3.63, 3.8) is 0 Å². The van der Waals surface area contributed by atoms with Crippen molar-refractivity contribution in [3.8, 4) is 6.07 Å². The summed E-state index contributed by atoms with van der Waals surface area (Å²) in [6, 6.07) is 7.51. The number of nitrogens with one attached hydrogen (secondary N) is 1. The monoisotopic (exact) mass is 349 g/mol. The molecule has 0 unspecified atom stereocenters. The maximum Gasteiger partial charge on any atom is 0.280 e. The highest BCUT2D eigenvalue weighted by Gasteiger charge is 2.27. The molecule has 1 amide bonds. The molecule has 0 spiro atoms. The molecule has 1 aliphatic heterocycles. The van der Waals surface area contributed by atoms with Crippen LogP contribution in [0.3, 0.4) is 0 Å². The van der Waals surface area contributed by atoms with Crippen molar-refractivity contribution in [3.05, 3.63) is 24.3 Å². The van der Waals surface area contributed by atoms with E-state index in [1.165, 1.54) is 28.6 Å². The minimum absolute atomic E-state index is 0.196. The van der Waals surface area contributed by atoms with E-state index < -0.39 is 21.6 Å². The third-order valence-corrected chi connectivity index (χ3v) is 5.78.